The summed E-state index contributed by atoms with van der Waals surface area (Å²) in [4.78, 5) is 15.3. The van der Waals surface area contributed by atoms with E-state index >= 15 is 0 Å². The van der Waals surface area contributed by atoms with Crippen LogP contribution >= 0.6 is 0 Å². The molecule has 0 aliphatic rings. The van der Waals surface area contributed by atoms with Crippen molar-refractivity contribution in [1.82, 2.24) is 24.1 Å². The number of rotatable bonds is 6. The fourth-order valence-corrected chi connectivity index (χ4v) is 10.3. The van der Waals surface area contributed by atoms with Crippen LogP contribution in [0.3, 0.4) is 0 Å². The SMILES string of the molecule is c1ccc(-c2nc(-c3ccccc3)nc(-c3cccc(-c4cc5c6ccccc6oc5c5c6ccc7ccccc7c6n(-c6ccc7c(c6)c6ccccc6n7-c6ccccc6)c45)c3)n2)cc1. The van der Waals surface area contributed by atoms with Crippen molar-refractivity contribution in [3.63, 3.8) is 0 Å². The maximum Gasteiger partial charge on any atom is 0.164 e. The molecule has 0 unspecified atom stereocenters. The van der Waals surface area contributed by atoms with Crippen molar-refractivity contribution >= 4 is 76.3 Å². The Morgan fingerprint density at radius 2 is 0.925 bits per heavy atom. The van der Waals surface area contributed by atoms with E-state index in [9.17, 15) is 0 Å². The number of nitrogens with zero attached hydrogens (tertiary/aromatic N) is 5. The van der Waals surface area contributed by atoms with Gasteiger partial charge in [-0.3, -0.25) is 0 Å². The lowest BCUT2D eigenvalue weighted by Gasteiger charge is -2.15. The third-order valence-corrected chi connectivity index (χ3v) is 13.3. The Kier molecular flexibility index (Phi) is 8.18. The van der Waals surface area contributed by atoms with E-state index in [-0.39, 0.29) is 0 Å². The van der Waals surface area contributed by atoms with Gasteiger partial charge in [0, 0.05) is 65.9 Å². The molecule has 0 saturated carbocycles. The molecule has 0 N–H and O–H groups in total. The second-order valence-electron chi connectivity index (χ2n) is 17.1. The summed E-state index contributed by atoms with van der Waals surface area (Å²) < 4.78 is 11.8. The number of para-hydroxylation sites is 3. The summed E-state index contributed by atoms with van der Waals surface area (Å²) in [6.07, 6.45) is 0. The van der Waals surface area contributed by atoms with Gasteiger partial charge in [-0.1, -0.05) is 170 Å². The standard InChI is InChI=1S/C61H37N5O/c1-4-18-39(19-5-1)59-62-60(40-20-6-2-7-21-40)64-61(63-59)42-23-16-22-41(35-42)49-37-51-47-28-13-15-30-54(47)67-58(51)55-48-33-31-38-17-10-11-26-45(38)56(48)66(57(49)55)44-32-34-53-50(36-44)46-27-12-14-29-52(46)65(53)43-24-8-3-9-25-43/h1-37H. The van der Waals surface area contributed by atoms with Gasteiger partial charge in [-0.2, -0.15) is 0 Å². The summed E-state index contributed by atoms with van der Waals surface area (Å²) in [5.74, 6) is 1.85. The van der Waals surface area contributed by atoms with Gasteiger partial charge in [0.2, 0.25) is 0 Å². The second kappa shape index (κ2) is 14.7. The topological polar surface area (TPSA) is 61.7 Å². The molecule has 0 fully saturated rings. The highest BCUT2D eigenvalue weighted by molar-refractivity contribution is 6.30. The van der Waals surface area contributed by atoms with Crippen LogP contribution in [0.1, 0.15) is 0 Å². The van der Waals surface area contributed by atoms with Crippen LogP contribution in [0.15, 0.2) is 229 Å². The molecule has 67 heavy (non-hydrogen) atoms. The molecule has 10 aromatic carbocycles. The minimum Gasteiger partial charge on any atom is -0.455 e. The molecule has 0 aliphatic carbocycles. The van der Waals surface area contributed by atoms with Gasteiger partial charge in [0.25, 0.3) is 0 Å². The summed E-state index contributed by atoms with van der Waals surface area (Å²) in [6.45, 7) is 0. The summed E-state index contributed by atoms with van der Waals surface area (Å²) in [6, 6.07) is 79.2. The summed E-state index contributed by atoms with van der Waals surface area (Å²) in [5.41, 5.74) is 13.3. The van der Waals surface area contributed by atoms with Crippen molar-refractivity contribution in [3.8, 4) is 56.7 Å². The van der Waals surface area contributed by atoms with Gasteiger partial charge < -0.3 is 13.6 Å². The van der Waals surface area contributed by atoms with Gasteiger partial charge in [-0.15, -0.1) is 0 Å². The first-order valence-electron chi connectivity index (χ1n) is 22.6. The lowest BCUT2D eigenvalue weighted by Crippen LogP contribution is -2.00. The average molecular weight is 856 g/mol. The van der Waals surface area contributed by atoms with Crippen molar-refractivity contribution in [1.29, 1.82) is 0 Å². The van der Waals surface area contributed by atoms with Crippen molar-refractivity contribution in [2.45, 2.75) is 0 Å². The van der Waals surface area contributed by atoms with E-state index in [1.807, 2.05) is 66.7 Å². The smallest absolute Gasteiger partial charge is 0.164 e. The van der Waals surface area contributed by atoms with E-state index in [1.54, 1.807) is 0 Å². The molecule has 0 amide bonds. The first kappa shape index (κ1) is 37.3. The maximum atomic E-state index is 6.97. The molecule has 14 rings (SSSR count). The van der Waals surface area contributed by atoms with Gasteiger partial charge in [0.15, 0.2) is 17.5 Å². The molecule has 0 atom stereocenters. The van der Waals surface area contributed by atoms with E-state index in [0.717, 1.165) is 88.5 Å². The zero-order valence-electron chi connectivity index (χ0n) is 36.0. The fraction of sp³-hybridized carbons (Fsp3) is 0. The zero-order chi connectivity index (χ0) is 44.0. The molecular weight excluding hydrogens is 819 g/mol. The predicted molar refractivity (Wildman–Crippen MR) is 275 cm³/mol. The van der Waals surface area contributed by atoms with Gasteiger partial charge in [-0.25, -0.2) is 15.0 Å². The molecule has 0 radical (unpaired) electrons. The van der Waals surface area contributed by atoms with Crippen LogP contribution < -0.4 is 0 Å². The summed E-state index contributed by atoms with van der Waals surface area (Å²) in [5, 5.41) is 9.05. The van der Waals surface area contributed by atoms with Gasteiger partial charge in [0.05, 0.1) is 27.5 Å². The van der Waals surface area contributed by atoms with Crippen LogP contribution in [0.2, 0.25) is 0 Å². The van der Waals surface area contributed by atoms with Crippen LogP contribution in [0, 0.1) is 0 Å². The third-order valence-electron chi connectivity index (χ3n) is 13.3. The van der Waals surface area contributed by atoms with Gasteiger partial charge >= 0.3 is 0 Å². The predicted octanol–water partition coefficient (Wildman–Crippen LogP) is 15.8. The summed E-state index contributed by atoms with van der Waals surface area (Å²) in [7, 11) is 0. The van der Waals surface area contributed by atoms with Crippen LogP contribution in [-0.2, 0) is 0 Å². The number of furan rings is 1. The van der Waals surface area contributed by atoms with Crippen molar-refractivity contribution in [2.75, 3.05) is 0 Å². The highest BCUT2D eigenvalue weighted by Crippen LogP contribution is 2.48. The number of aromatic nitrogens is 5. The Labute approximate surface area is 384 Å². The number of hydrogen-bond donors (Lipinski definition) is 0. The molecule has 0 aliphatic heterocycles. The van der Waals surface area contributed by atoms with Crippen molar-refractivity contribution < 1.29 is 4.42 Å². The molecule has 0 saturated heterocycles. The van der Waals surface area contributed by atoms with Crippen molar-refractivity contribution in [2.24, 2.45) is 0 Å². The summed E-state index contributed by atoms with van der Waals surface area (Å²) >= 11 is 0. The van der Waals surface area contributed by atoms with E-state index in [2.05, 4.69) is 167 Å². The Morgan fingerprint density at radius 1 is 0.328 bits per heavy atom. The minimum absolute atomic E-state index is 0.604. The van der Waals surface area contributed by atoms with E-state index in [4.69, 9.17) is 19.4 Å². The highest BCUT2D eigenvalue weighted by atomic mass is 16.3. The molecule has 6 heteroatoms. The number of benzene rings is 10. The highest BCUT2D eigenvalue weighted by Gasteiger charge is 2.25. The Bertz CT molecular complexity index is 4210. The fourth-order valence-electron chi connectivity index (χ4n) is 10.3. The lowest BCUT2D eigenvalue weighted by atomic mass is 9.96. The third kappa shape index (κ3) is 5.80. The van der Waals surface area contributed by atoms with E-state index < -0.39 is 0 Å². The molecule has 4 aromatic heterocycles. The molecule has 312 valence electrons. The molecule has 0 spiro atoms. The Balaban J connectivity index is 1.09. The first-order chi connectivity index (χ1) is 33.2. The van der Waals surface area contributed by atoms with E-state index in [1.165, 1.54) is 27.1 Å². The molecule has 14 aromatic rings. The van der Waals surface area contributed by atoms with Crippen LogP contribution in [0.5, 0.6) is 0 Å². The normalized spacial score (nSPS) is 11.9. The minimum atomic E-state index is 0.604. The van der Waals surface area contributed by atoms with Crippen LogP contribution in [-0.4, -0.2) is 24.1 Å². The Morgan fingerprint density at radius 3 is 1.69 bits per heavy atom. The van der Waals surface area contributed by atoms with Crippen LogP contribution in [0.25, 0.3) is 133 Å². The Hall–Kier alpha value is -9.13. The number of hydrogen-bond acceptors (Lipinski definition) is 4. The van der Waals surface area contributed by atoms with Crippen LogP contribution in [0.4, 0.5) is 0 Å². The van der Waals surface area contributed by atoms with Gasteiger partial charge in [0.1, 0.15) is 11.2 Å². The average Bonchev–Trinajstić information content (AvgIpc) is 4.07. The maximum absolute atomic E-state index is 6.97. The molecule has 4 heterocycles. The first-order valence-corrected chi connectivity index (χ1v) is 22.6. The number of fused-ring (bicyclic) bond motifs is 12. The van der Waals surface area contributed by atoms with E-state index in [0.29, 0.717) is 17.5 Å². The molecule has 6 nitrogen and oxygen atoms in total. The largest absolute Gasteiger partial charge is 0.455 e. The van der Waals surface area contributed by atoms with Crippen molar-refractivity contribution in [3.05, 3.63) is 224 Å². The second-order valence-corrected chi connectivity index (χ2v) is 17.1. The van der Waals surface area contributed by atoms with Gasteiger partial charge in [-0.05, 0) is 65.5 Å². The zero-order valence-corrected chi connectivity index (χ0v) is 36.0. The monoisotopic (exact) mass is 855 g/mol. The molecule has 0 bridgehead atoms. The quantitative estimate of drug-likeness (QED) is 0.167. The molecular formula is C61H37N5O. The lowest BCUT2D eigenvalue weighted by molar-refractivity contribution is 0.673.